The molecule has 17 heavy (non-hydrogen) atoms. The van der Waals surface area contributed by atoms with Gasteiger partial charge >= 0.3 is 0 Å². The van der Waals surface area contributed by atoms with Crippen molar-refractivity contribution in [3.63, 3.8) is 0 Å². The van der Waals surface area contributed by atoms with Gasteiger partial charge < -0.3 is 0 Å². The topological polar surface area (TPSA) is 56.7 Å². The summed E-state index contributed by atoms with van der Waals surface area (Å²) in [5, 5.41) is 16.7. The molecule has 1 radical (unpaired) electrons. The maximum Gasteiger partial charge on any atom is 0.212 e. The Labute approximate surface area is 105 Å². The minimum atomic E-state index is 0.544. The fraction of sp³-hybridized carbons (Fsp3) is 0.182. The second kappa shape index (κ2) is 4.39. The zero-order valence-electron chi connectivity index (χ0n) is 9.45. The molecule has 6 heteroatoms. The van der Waals surface area contributed by atoms with E-state index in [1.807, 2.05) is 12.1 Å². The molecule has 1 aliphatic rings. The molecule has 0 aromatic heterocycles. The monoisotopic (exact) mass is 244 g/mol. The van der Waals surface area contributed by atoms with Crippen LogP contribution in [0.4, 0.5) is 0 Å². The minimum Gasteiger partial charge on any atom is -0.240 e. The van der Waals surface area contributed by atoms with E-state index in [2.05, 4.69) is 16.6 Å². The summed E-state index contributed by atoms with van der Waals surface area (Å²) in [4.78, 5) is 0. The van der Waals surface area contributed by atoms with Gasteiger partial charge in [0, 0.05) is 19.7 Å². The van der Waals surface area contributed by atoms with Crippen LogP contribution in [0.15, 0.2) is 29.4 Å². The number of hydrogen-bond acceptors (Lipinski definition) is 3. The molecule has 0 fully saturated rings. The molecule has 0 spiro atoms. The molecule has 0 aliphatic carbocycles. The van der Waals surface area contributed by atoms with E-state index in [-0.39, 0.29) is 0 Å². The summed E-state index contributed by atoms with van der Waals surface area (Å²) in [7, 11) is 3.55. The maximum atomic E-state index is 8.72. The molecule has 0 amide bonds. The smallest absolute Gasteiger partial charge is 0.212 e. The third-order valence-corrected chi connectivity index (χ3v) is 2.84. The average Bonchev–Trinajstić information content (AvgIpc) is 2.35. The zero-order chi connectivity index (χ0) is 12.4. The Morgan fingerprint density at radius 1 is 1.18 bits per heavy atom. The molecule has 5 nitrogen and oxygen atoms in total. The van der Waals surface area contributed by atoms with E-state index in [0.717, 1.165) is 5.56 Å². The molecule has 1 aromatic carbocycles. The van der Waals surface area contributed by atoms with Crippen LogP contribution in [-0.2, 0) is 0 Å². The molecule has 1 aliphatic heterocycles. The molecule has 1 heterocycles. The van der Waals surface area contributed by atoms with Crippen LogP contribution in [0.1, 0.15) is 11.1 Å². The lowest BCUT2D eigenvalue weighted by molar-refractivity contribution is 0.346. The summed E-state index contributed by atoms with van der Waals surface area (Å²) >= 11 is 5.10. The van der Waals surface area contributed by atoms with E-state index in [1.54, 1.807) is 36.2 Å². The Morgan fingerprint density at radius 2 is 1.82 bits per heavy atom. The first-order valence-corrected chi connectivity index (χ1v) is 5.35. The fourth-order valence-electron chi connectivity index (χ4n) is 1.41. The van der Waals surface area contributed by atoms with Gasteiger partial charge in [0.1, 0.15) is 0 Å². The molecule has 0 atom stereocenters. The molecular formula is C11H10N5S. The van der Waals surface area contributed by atoms with E-state index in [0.29, 0.717) is 16.5 Å². The first kappa shape index (κ1) is 11.4. The van der Waals surface area contributed by atoms with E-state index in [9.17, 15) is 0 Å². The molecule has 1 aromatic rings. The van der Waals surface area contributed by atoms with Gasteiger partial charge in [-0.15, -0.1) is 10.5 Å². The Kier molecular flexibility index (Phi) is 2.93. The van der Waals surface area contributed by atoms with Gasteiger partial charge in [-0.3, -0.25) is 0 Å². The van der Waals surface area contributed by atoms with Crippen LogP contribution in [0.2, 0.25) is 0 Å². The number of rotatable bonds is 1. The number of nitriles is 1. The highest BCUT2D eigenvalue weighted by molar-refractivity contribution is 7.80. The van der Waals surface area contributed by atoms with Gasteiger partial charge in [-0.25, -0.2) is 10.0 Å². The third-order valence-electron chi connectivity index (χ3n) is 2.32. The van der Waals surface area contributed by atoms with Crippen LogP contribution in [0.25, 0.3) is 0 Å². The van der Waals surface area contributed by atoms with Gasteiger partial charge in [0.15, 0.2) is 5.84 Å². The summed E-state index contributed by atoms with van der Waals surface area (Å²) in [5.41, 5.74) is 5.72. The van der Waals surface area contributed by atoms with Crippen molar-refractivity contribution in [1.82, 2.24) is 15.4 Å². The van der Waals surface area contributed by atoms with Gasteiger partial charge in [0.05, 0.1) is 11.6 Å². The summed E-state index contributed by atoms with van der Waals surface area (Å²) in [6.45, 7) is 0. The predicted octanol–water partition coefficient (Wildman–Crippen LogP) is 0.901. The number of benzene rings is 1. The fourth-order valence-corrected chi connectivity index (χ4v) is 1.49. The van der Waals surface area contributed by atoms with E-state index < -0.39 is 0 Å². The third kappa shape index (κ3) is 2.19. The largest absolute Gasteiger partial charge is 0.240 e. The lowest BCUT2D eigenvalue weighted by Gasteiger charge is -2.29. The van der Waals surface area contributed by atoms with E-state index >= 15 is 0 Å². The van der Waals surface area contributed by atoms with Crippen LogP contribution < -0.4 is 5.43 Å². The lowest BCUT2D eigenvalue weighted by Crippen LogP contribution is -2.48. The molecule has 0 saturated carbocycles. The van der Waals surface area contributed by atoms with Crippen molar-refractivity contribution in [2.24, 2.45) is 5.10 Å². The van der Waals surface area contributed by atoms with Crippen LogP contribution >= 0.6 is 12.2 Å². The highest BCUT2D eigenvalue weighted by Crippen LogP contribution is 2.09. The highest BCUT2D eigenvalue weighted by Gasteiger charge is 2.20. The van der Waals surface area contributed by atoms with Crippen LogP contribution in [0.5, 0.6) is 0 Å². The second-order valence-corrected chi connectivity index (χ2v) is 3.91. The van der Waals surface area contributed by atoms with Gasteiger partial charge in [-0.2, -0.15) is 5.26 Å². The summed E-state index contributed by atoms with van der Waals surface area (Å²) in [6, 6.07) is 9.18. The molecule has 0 unspecified atom stereocenters. The SMILES string of the molecule is CN1[N]C(c2ccc(C#N)cc2)=NN(C)C1=S. The van der Waals surface area contributed by atoms with E-state index in [1.165, 1.54) is 0 Å². The molecular weight excluding hydrogens is 234 g/mol. The molecule has 0 bridgehead atoms. The van der Waals surface area contributed by atoms with Crippen LogP contribution in [0.3, 0.4) is 0 Å². The summed E-state index contributed by atoms with van der Waals surface area (Å²) in [5.74, 6) is 0.577. The van der Waals surface area contributed by atoms with Crippen molar-refractivity contribution < 1.29 is 0 Å². The van der Waals surface area contributed by atoms with Gasteiger partial charge in [-0.05, 0) is 36.5 Å². The van der Waals surface area contributed by atoms with Gasteiger partial charge in [-0.1, -0.05) is 0 Å². The van der Waals surface area contributed by atoms with Crippen molar-refractivity contribution in [2.45, 2.75) is 0 Å². The number of nitrogens with zero attached hydrogens (tertiary/aromatic N) is 5. The van der Waals surface area contributed by atoms with Crippen molar-refractivity contribution in [3.05, 3.63) is 35.4 Å². The van der Waals surface area contributed by atoms with Crippen LogP contribution in [-0.4, -0.2) is 35.1 Å². The Bertz CT molecular complexity index is 514. The highest BCUT2D eigenvalue weighted by atomic mass is 32.1. The zero-order valence-corrected chi connectivity index (χ0v) is 10.3. The Morgan fingerprint density at radius 3 is 2.35 bits per heavy atom. The molecule has 0 N–H and O–H groups in total. The predicted molar refractivity (Wildman–Crippen MR) is 68.0 cm³/mol. The Balaban J connectivity index is 2.31. The first-order valence-electron chi connectivity index (χ1n) is 4.94. The van der Waals surface area contributed by atoms with E-state index in [4.69, 9.17) is 17.5 Å². The average molecular weight is 244 g/mol. The first-order chi connectivity index (χ1) is 8.11. The molecule has 0 saturated heterocycles. The second-order valence-electron chi connectivity index (χ2n) is 3.54. The lowest BCUT2D eigenvalue weighted by atomic mass is 10.1. The number of hydrazone groups is 1. The van der Waals surface area contributed by atoms with Crippen molar-refractivity contribution in [2.75, 3.05) is 14.1 Å². The molecule has 85 valence electrons. The van der Waals surface area contributed by atoms with Crippen molar-refractivity contribution in [1.29, 1.82) is 5.26 Å². The number of amidine groups is 1. The van der Waals surface area contributed by atoms with Gasteiger partial charge in [0.25, 0.3) is 0 Å². The maximum absolute atomic E-state index is 8.72. The summed E-state index contributed by atoms with van der Waals surface area (Å²) < 4.78 is 0. The normalized spacial score (nSPS) is 15.1. The van der Waals surface area contributed by atoms with Crippen molar-refractivity contribution >= 4 is 23.2 Å². The summed E-state index contributed by atoms with van der Waals surface area (Å²) in [6.07, 6.45) is 0. The number of hydrogen-bond donors (Lipinski definition) is 0. The molecule has 2 rings (SSSR count). The Hall–Kier alpha value is -2.13. The quantitative estimate of drug-likeness (QED) is 0.689. The van der Waals surface area contributed by atoms with Crippen LogP contribution in [0, 0.1) is 11.3 Å². The number of thiocarbonyl (C=S) groups is 1. The van der Waals surface area contributed by atoms with Gasteiger partial charge in [0.2, 0.25) is 5.11 Å². The van der Waals surface area contributed by atoms with Crippen molar-refractivity contribution in [3.8, 4) is 6.07 Å². The standard InChI is InChI=1S/C11H10N5S/c1-15-11(17)16(2)14-10(13-15)9-5-3-8(7-12)4-6-9/h3-6H,1-2H3. The minimum absolute atomic E-state index is 0.544.